The molecule has 3 saturated heterocycles. The van der Waals surface area contributed by atoms with E-state index in [1.165, 1.54) is 6.07 Å². The van der Waals surface area contributed by atoms with Crippen LogP contribution in [-0.4, -0.2) is 89.4 Å². The molecule has 12 nitrogen and oxygen atoms in total. The highest BCUT2D eigenvalue weighted by atomic mass is 35.5. The number of anilines is 1. The lowest BCUT2D eigenvalue weighted by Crippen LogP contribution is -2.60. The molecule has 4 heterocycles. The molecule has 2 bridgehead atoms. The van der Waals surface area contributed by atoms with Gasteiger partial charge in [-0.05, 0) is 118 Å². The minimum Gasteiger partial charge on any atom is -0.352 e. The monoisotopic (exact) mass is 976 g/mol. The summed E-state index contributed by atoms with van der Waals surface area (Å²) < 4.78 is 16.5. The van der Waals surface area contributed by atoms with Crippen molar-refractivity contribution in [3.8, 4) is 11.8 Å². The van der Waals surface area contributed by atoms with Gasteiger partial charge in [0, 0.05) is 76.7 Å². The van der Waals surface area contributed by atoms with Crippen LogP contribution in [0.25, 0.3) is 0 Å². The predicted molar refractivity (Wildman–Crippen MR) is 260 cm³/mol. The van der Waals surface area contributed by atoms with Crippen LogP contribution in [0, 0.1) is 34.9 Å². The fraction of sp³-hybridized carbons (Fsp3) is 0.519. The molecule has 6 fully saturated rings. The van der Waals surface area contributed by atoms with E-state index >= 15 is 9.18 Å². The van der Waals surface area contributed by atoms with Gasteiger partial charge in [0.2, 0.25) is 29.5 Å². The molecule has 5 amide bonds. The lowest BCUT2D eigenvalue weighted by Gasteiger charge is -2.50. The minimum atomic E-state index is -1.32. The smallest absolute Gasteiger partial charge is 0.243 e. The molecule has 4 N–H and O–H groups in total. The summed E-state index contributed by atoms with van der Waals surface area (Å²) in [5, 5.41) is 13.1. The third-order valence-electron chi connectivity index (χ3n) is 17.2. The molecule has 7 atom stereocenters. The molecule has 3 saturated carbocycles. The van der Waals surface area contributed by atoms with Crippen molar-refractivity contribution < 1.29 is 33.2 Å². The van der Waals surface area contributed by atoms with Gasteiger partial charge in [0.25, 0.3) is 0 Å². The molecule has 15 heteroatoms. The molecule has 3 aliphatic carbocycles. The zero-order valence-corrected chi connectivity index (χ0v) is 40.5. The van der Waals surface area contributed by atoms with Gasteiger partial charge in [-0.25, -0.2) is 4.39 Å². The molecule has 3 aromatic carbocycles. The first kappa shape index (κ1) is 47.5. The zero-order chi connectivity index (χ0) is 48.2. The number of piperidine rings is 2. The van der Waals surface area contributed by atoms with Gasteiger partial charge >= 0.3 is 0 Å². The van der Waals surface area contributed by atoms with Crippen LogP contribution in [0.4, 0.5) is 10.1 Å². The number of nitrogens with one attached hydrogen (secondary N) is 4. The third-order valence-corrected chi connectivity index (χ3v) is 17.7. The lowest BCUT2D eigenvalue weighted by molar-refractivity contribution is -0.150. The Labute approximate surface area is 412 Å². The second kappa shape index (κ2) is 18.9. The molecule has 3 aromatic rings. The van der Waals surface area contributed by atoms with E-state index in [2.05, 4.69) is 33.1 Å². The molecule has 4 aliphatic heterocycles. The molecule has 2 spiro atoms. The number of nitrogens with zero attached hydrogens (tertiary/aromatic N) is 2. The van der Waals surface area contributed by atoms with Gasteiger partial charge in [-0.3, -0.25) is 44.3 Å². The van der Waals surface area contributed by atoms with Crippen molar-refractivity contribution in [1.29, 1.82) is 0 Å². The van der Waals surface area contributed by atoms with Crippen molar-refractivity contribution in [1.82, 2.24) is 25.8 Å². The van der Waals surface area contributed by atoms with E-state index in [0.717, 1.165) is 68.8 Å². The number of hydrogen-bond acceptors (Lipinski definition) is 8. The second-order valence-corrected chi connectivity index (χ2v) is 21.7. The van der Waals surface area contributed by atoms with Crippen LogP contribution in [-0.2, 0) is 35.9 Å². The number of imide groups is 1. The Morgan fingerprint density at radius 1 is 0.928 bits per heavy atom. The van der Waals surface area contributed by atoms with Crippen molar-refractivity contribution in [2.24, 2.45) is 17.3 Å². The predicted octanol–water partition coefficient (Wildman–Crippen LogP) is 7.58. The fourth-order valence-corrected chi connectivity index (χ4v) is 14.2. The number of aldehydes is 1. The van der Waals surface area contributed by atoms with Crippen molar-refractivity contribution >= 4 is 64.7 Å². The number of hydrogen-bond donors (Lipinski definition) is 4. The Balaban J connectivity index is 0.832. The number of halogens is 3. The maximum Gasteiger partial charge on any atom is 0.243 e. The van der Waals surface area contributed by atoms with Crippen LogP contribution in [0.3, 0.4) is 0 Å². The zero-order valence-electron chi connectivity index (χ0n) is 38.9. The highest BCUT2D eigenvalue weighted by Crippen LogP contribution is 2.63. The Morgan fingerprint density at radius 2 is 1.71 bits per heavy atom. The van der Waals surface area contributed by atoms with Crippen LogP contribution >= 0.6 is 23.2 Å². The van der Waals surface area contributed by atoms with E-state index in [0.29, 0.717) is 80.0 Å². The Kier molecular flexibility index (Phi) is 13.0. The molecule has 4 unspecified atom stereocenters. The molecular weight excluding hydrogens is 919 g/mol. The van der Waals surface area contributed by atoms with E-state index in [4.69, 9.17) is 23.2 Å². The van der Waals surface area contributed by atoms with Gasteiger partial charge in [-0.1, -0.05) is 91.1 Å². The summed E-state index contributed by atoms with van der Waals surface area (Å²) in [6.45, 7) is 1.49. The summed E-state index contributed by atoms with van der Waals surface area (Å²) in [4.78, 5) is 84.9. The van der Waals surface area contributed by atoms with Gasteiger partial charge in [-0.15, -0.1) is 0 Å². The first-order valence-electron chi connectivity index (χ1n) is 24.8. The van der Waals surface area contributed by atoms with Crippen LogP contribution < -0.4 is 21.3 Å². The summed E-state index contributed by atoms with van der Waals surface area (Å²) >= 11 is 12.9. The first-order valence-corrected chi connectivity index (χ1v) is 25.6. The number of likely N-dealkylation sites (N-methyl/N-ethyl adjacent to an activating group) is 1. The van der Waals surface area contributed by atoms with Crippen molar-refractivity contribution in [2.75, 3.05) is 25.5 Å². The van der Waals surface area contributed by atoms with Crippen LogP contribution in [0.2, 0.25) is 10.0 Å². The maximum absolute atomic E-state index is 16.5. The molecule has 7 aliphatic rings. The van der Waals surface area contributed by atoms with Gasteiger partial charge < -0.3 is 15.5 Å². The molecule has 69 heavy (non-hydrogen) atoms. The highest BCUT2D eigenvalue weighted by Gasteiger charge is 2.72. The fourth-order valence-electron chi connectivity index (χ4n) is 13.8. The van der Waals surface area contributed by atoms with Crippen molar-refractivity contribution in [2.45, 2.75) is 138 Å². The van der Waals surface area contributed by atoms with E-state index < -0.39 is 40.2 Å². The van der Waals surface area contributed by atoms with E-state index in [-0.39, 0.29) is 64.4 Å². The highest BCUT2D eigenvalue weighted by molar-refractivity contribution is 6.31. The topological polar surface area (TPSA) is 157 Å². The third kappa shape index (κ3) is 8.27. The van der Waals surface area contributed by atoms with E-state index in [9.17, 15) is 24.0 Å². The number of amides is 5. The van der Waals surface area contributed by atoms with Gasteiger partial charge in [-0.2, -0.15) is 0 Å². The van der Waals surface area contributed by atoms with Crippen molar-refractivity contribution in [3.05, 3.63) is 98.3 Å². The number of carbonyl (C=O) groups is 6. The summed E-state index contributed by atoms with van der Waals surface area (Å²) in [5.74, 6) is 4.37. The van der Waals surface area contributed by atoms with Crippen molar-refractivity contribution in [3.63, 3.8) is 0 Å². The van der Waals surface area contributed by atoms with Gasteiger partial charge in [0.1, 0.15) is 17.5 Å². The molecule has 10 rings (SSSR count). The Morgan fingerprint density at radius 3 is 2.48 bits per heavy atom. The van der Waals surface area contributed by atoms with Gasteiger partial charge in [0.15, 0.2) is 0 Å². The standard InChI is InChI=1S/C54H59Cl2FN6O6/c1-62(43-17-18-44(65)60-48(43)66)30-38-33(8-5-9-35(38)31-64)14-13-32-20-26-63(27-21-32)51(69)52-22-7-10-34(29-52)41(19-25-52)58-49(67)47-45(37-11-6-12-40(56)46(37)57)54(53(61-47)23-3-2-4-24-53)39-16-15-36(55)28-42(39)59-50(54)68/h5-6,8-9,11-12,15-16,28,31-32,34,41,43,45,47,61H,2-4,7,10,17-27,29-30H2,1H3,(H,58,67)(H,59,68)(H,60,65,66)/t34?,41?,43?,45-,47+,52?,54+/m0/s1. The van der Waals surface area contributed by atoms with Crippen LogP contribution in [0.1, 0.15) is 135 Å². The SMILES string of the molecule is CN(Cc1c(C#CC2CCN(C(=O)C34CCCC(C3)C(NC(=O)[C@@H]3NC5(CCCCC5)[C@@]5(C(=O)Nc6cc(Cl)ccc65)[C@H]3c3cccc(Cl)c3F)CC4)CC2)cccc1C=O)C1CCC(=O)NC1=O. The number of benzene rings is 3. The summed E-state index contributed by atoms with van der Waals surface area (Å²) in [5.41, 5.74) is 0.799. The largest absolute Gasteiger partial charge is 0.352 e. The molecule has 0 aromatic heterocycles. The van der Waals surface area contributed by atoms with Crippen LogP contribution in [0.15, 0.2) is 54.6 Å². The van der Waals surface area contributed by atoms with Crippen LogP contribution in [0.5, 0.6) is 0 Å². The average molecular weight is 978 g/mol. The number of likely N-dealkylation sites (tertiary alicyclic amines) is 1. The summed E-state index contributed by atoms with van der Waals surface area (Å²) in [6.07, 6.45) is 11.4. The summed E-state index contributed by atoms with van der Waals surface area (Å²) in [6, 6.07) is 14.0. The normalized spacial score (nSPS) is 29.6. The van der Waals surface area contributed by atoms with E-state index in [1.54, 1.807) is 36.4 Å². The lowest BCUT2D eigenvalue weighted by atomic mass is 9.55. The molecule has 362 valence electrons. The quantitative estimate of drug-likeness (QED) is 0.102. The maximum atomic E-state index is 16.5. The number of fused-ring (bicyclic) bond motifs is 5. The Hall–Kier alpha value is -5.13. The van der Waals surface area contributed by atoms with E-state index in [1.807, 2.05) is 29.0 Å². The Bertz CT molecular complexity index is 2670. The average Bonchev–Trinajstić information content (AvgIpc) is 3.80. The summed E-state index contributed by atoms with van der Waals surface area (Å²) in [7, 11) is 1.81. The molecular formula is C54H59Cl2FN6O6. The number of carbonyl (C=O) groups excluding carboxylic acids is 6. The minimum absolute atomic E-state index is 0.0547. The molecule has 0 radical (unpaired) electrons. The first-order chi connectivity index (χ1) is 33.3. The number of rotatable bonds is 8. The van der Waals surface area contributed by atoms with Gasteiger partial charge in [0.05, 0.1) is 17.1 Å². The second-order valence-electron chi connectivity index (χ2n) is 20.8.